The second kappa shape index (κ2) is 11.1. The molecule has 5 nitrogen and oxygen atoms in total. The Morgan fingerprint density at radius 1 is 0.606 bits per heavy atom. The first-order valence-corrected chi connectivity index (χ1v) is 13.0. The molecule has 1 fully saturated rings. The minimum absolute atomic E-state index is 0.372. The number of aryl methyl sites for hydroxylation is 1. The molecule has 6 heteroatoms. The zero-order valence-corrected chi connectivity index (χ0v) is 20.1. The van der Waals surface area contributed by atoms with E-state index in [4.69, 9.17) is 0 Å². The molecule has 1 saturated heterocycles. The molecular weight excluding hydrogens is 430 g/mol. The van der Waals surface area contributed by atoms with Crippen molar-refractivity contribution >= 4 is 10.0 Å². The van der Waals surface area contributed by atoms with Gasteiger partial charge in [0.25, 0.3) is 0 Å². The van der Waals surface area contributed by atoms with E-state index < -0.39 is 10.0 Å². The van der Waals surface area contributed by atoms with Gasteiger partial charge in [-0.3, -0.25) is 9.80 Å². The van der Waals surface area contributed by atoms with Crippen molar-refractivity contribution in [1.82, 2.24) is 14.1 Å². The number of sulfonamides is 1. The summed E-state index contributed by atoms with van der Waals surface area (Å²) in [6.45, 7) is 7.81. The highest BCUT2D eigenvalue weighted by Crippen LogP contribution is 2.18. The molecule has 0 radical (unpaired) electrons. The van der Waals surface area contributed by atoms with Crippen molar-refractivity contribution in [1.29, 1.82) is 0 Å². The van der Waals surface area contributed by atoms with E-state index in [1.54, 1.807) is 16.4 Å². The van der Waals surface area contributed by atoms with Gasteiger partial charge in [0.2, 0.25) is 10.0 Å². The molecule has 0 N–H and O–H groups in total. The summed E-state index contributed by atoms with van der Waals surface area (Å²) >= 11 is 0. The number of benzene rings is 3. The number of rotatable bonds is 6. The number of nitrogens with zero attached hydrogens (tertiary/aromatic N) is 3. The van der Waals surface area contributed by atoms with Gasteiger partial charge in [0.1, 0.15) is 0 Å². The van der Waals surface area contributed by atoms with Gasteiger partial charge in [0, 0.05) is 52.4 Å². The second-order valence-corrected chi connectivity index (χ2v) is 10.7. The normalized spacial score (nSPS) is 17.2. The van der Waals surface area contributed by atoms with Crippen molar-refractivity contribution in [3.05, 3.63) is 102 Å². The van der Waals surface area contributed by atoms with Crippen molar-refractivity contribution in [3.63, 3.8) is 0 Å². The highest BCUT2D eigenvalue weighted by atomic mass is 32.2. The monoisotopic (exact) mass is 463 g/mol. The molecule has 1 heterocycles. The fourth-order valence-corrected chi connectivity index (χ4v) is 5.65. The first-order valence-electron chi connectivity index (χ1n) is 11.6. The second-order valence-electron chi connectivity index (χ2n) is 8.74. The summed E-state index contributed by atoms with van der Waals surface area (Å²) in [7, 11) is -3.55. The Morgan fingerprint density at radius 2 is 1.03 bits per heavy atom. The van der Waals surface area contributed by atoms with Gasteiger partial charge in [-0.25, -0.2) is 8.42 Å². The summed E-state index contributed by atoms with van der Waals surface area (Å²) in [5, 5.41) is 0. The van der Waals surface area contributed by atoms with Gasteiger partial charge in [0.15, 0.2) is 0 Å². The van der Waals surface area contributed by atoms with Crippen molar-refractivity contribution in [2.75, 3.05) is 39.3 Å². The van der Waals surface area contributed by atoms with E-state index in [1.165, 1.54) is 11.1 Å². The molecular formula is C27H33N3O2S. The van der Waals surface area contributed by atoms with Gasteiger partial charge in [0.05, 0.1) is 4.90 Å². The Bertz CT molecular complexity index is 1050. The topological polar surface area (TPSA) is 43.9 Å². The molecule has 3 aromatic carbocycles. The average Bonchev–Trinajstić information content (AvgIpc) is 2.92. The minimum atomic E-state index is -3.55. The quantitative estimate of drug-likeness (QED) is 0.554. The molecule has 0 aliphatic carbocycles. The van der Waals surface area contributed by atoms with Crippen LogP contribution in [0.3, 0.4) is 0 Å². The third kappa shape index (κ3) is 6.51. The van der Waals surface area contributed by atoms with Crippen LogP contribution in [0, 0.1) is 6.92 Å². The van der Waals surface area contributed by atoms with E-state index in [2.05, 4.69) is 58.3 Å². The molecule has 0 saturated carbocycles. The fraction of sp³-hybridized carbons (Fsp3) is 0.333. The van der Waals surface area contributed by atoms with E-state index in [1.807, 2.05) is 31.2 Å². The van der Waals surface area contributed by atoms with Crippen LogP contribution in [-0.4, -0.2) is 61.8 Å². The Morgan fingerprint density at radius 3 is 1.48 bits per heavy atom. The molecule has 174 valence electrons. The van der Waals surface area contributed by atoms with Crippen LogP contribution in [0.4, 0.5) is 0 Å². The lowest BCUT2D eigenvalue weighted by Crippen LogP contribution is -2.40. The van der Waals surface area contributed by atoms with Crippen LogP contribution < -0.4 is 0 Å². The summed E-state index contributed by atoms with van der Waals surface area (Å²) in [6.07, 6.45) is 0. The summed E-state index contributed by atoms with van der Waals surface area (Å²) < 4.78 is 28.7. The van der Waals surface area contributed by atoms with Crippen molar-refractivity contribution in [2.24, 2.45) is 0 Å². The predicted molar refractivity (Wildman–Crippen MR) is 133 cm³/mol. The molecule has 0 atom stereocenters. The van der Waals surface area contributed by atoms with Crippen molar-refractivity contribution < 1.29 is 8.42 Å². The maximum absolute atomic E-state index is 13.5. The van der Waals surface area contributed by atoms with Gasteiger partial charge in [-0.15, -0.1) is 0 Å². The zero-order chi connectivity index (χ0) is 23.1. The zero-order valence-electron chi connectivity index (χ0n) is 19.3. The maximum Gasteiger partial charge on any atom is 0.243 e. The highest BCUT2D eigenvalue weighted by Gasteiger charge is 2.27. The highest BCUT2D eigenvalue weighted by molar-refractivity contribution is 7.89. The molecule has 0 aromatic heterocycles. The largest absolute Gasteiger partial charge is 0.297 e. The lowest BCUT2D eigenvalue weighted by Gasteiger charge is -2.26. The average molecular weight is 464 g/mol. The van der Waals surface area contributed by atoms with Crippen molar-refractivity contribution in [2.45, 2.75) is 24.9 Å². The first kappa shape index (κ1) is 23.6. The molecule has 0 spiro atoms. The van der Waals surface area contributed by atoms with E-state index in [9.17, 15) is 8.42 Å². The first-order chi connectivity index (χ1) is 16.0. The molecule has 4 rings (SSSR count). The van der Waals surface area contributed by atoms with Crippen LogP contribution in [0.1, 0.15) is 16.7 Å². The van der Waals surface area contributed by atoms with Gasteiger partial charge in [-0.2, -0.15) is 4.31 Å². The van der Waals surface area contributed by atoms with Crippen LogP contribution in [0.2, 0.25) is 0 Å². The molecule has 33 heavy (non-hydrogen) atoms. The molecule has 0 amide bonds. The van der Waals surface area contributed by atoms with Gasteiger partial charge in [-0.1, -0.05) is 78.4 Å². The minimum Gasteiger partial charge on any atom is -0.297 e. The number of hydrogen-bond donors (Lipinski definition) is 0. The smallest absolute Gasteiger partial charge is 0.243 e. The Balaban J connectivity index is 1.55. The summed E-state index contributed by atoms with van der Waals surface area (Å²) in [5.41, 5.74) is 3.56. The Kier molecular flexibility index (Phi) is 7.93. The van der Waals surface area contributed by atoms with E-state index >= 15 is 0 Å². The maximum atomic E-state index is 13.5. The molecule has 0 unspecified atom stereocenters. The fourth-order valence-electron chi connectivity index (χ4n) is 4.22. The summed E-state index contributed by atoms with van der Waals surface area (Å²) in [4.78, 5) is 5.11. The molecule has 3 aromatic rings. The van der Waals surface area contributed by atoms with Crippen LogP contribution >= 0.6 is 0 Å². The van der Waals surface area contributed by atoms with E-state index in [-0.39, 0.29) is 0 Å². The number of hydrogen-bond acceptors (Lipinski definition) is 4. The molecule has 1 aliphatic rings. The van der Waals surface area contributed by atoms with Crippen LogP contribution in [-0.2, 0) is 23.1 Å². The summed E-state index contributed by atoms with van der Waals surface area (Å²) in [6, 6.07) is 28.0. The van der Waals surface area contributed by atoms with Crippen LogP contribution in [0.25, 0.3) is 0 Å². The molecule has 0 bridgehead atoms. The third-order valence-corrected chi connectivity index (χ3v) is 8.13. The van der Waals surface area contributed by atoms with E-state index in [0.717, 1.165) is 31.7 Å². The van der Waals surface area contributed by atoms with Crippen molar-refractivity contribution in [3.8, 4) is 0 Å². The van der Waals surface area contributed by atoms with Gasteiger partial charge < -0.3 is 0 Å². The van der Waals surface area contributed by atoms with Crippen LogP contribution in [0.15, 0.2) is 89.8 Å². The third-order valence-electron chi connectivity index (χ3n) is 6.22. The Hall–Kier alpha value is -2.51. The van der Waals surface area contributed by atoms with Crippen LogP contribution in [0.5, 0.6) is 0 Å². The SMILES string of the molecule is Cc1ccc(S(=O)(=O)N2CCN(Cc3ccccc3)CCN(Cc3ccccc3)CC2)cc1. The lowest BCUT2D eigenvalue weighted by atomic mass is 10.2. The molecule has 1 aliphatic heterocycles. The van der Waals surface area contributed by atoms with E-state index in [0.29, 0.717) is 31.1 Å². The van der Waals surface area contributed by atoms with Gasteiger partial charge in [-0.05, 0) is 30.2 Å². The Labute approximate surface area is 198 Å². The predicted octanol–water partition coefficient (Wildman–Crippen LogP) is 4.00. The van der Waals surface area contributed by atoms with Gasteiger partial charge >= 0.3 is 0 Å². The standard InChI is InChI=1S/C27H33N3O2S/c1-24-12-14-27(15-13-24)33(31,32)30-20-18-28(22-25-8-4-2-5-9-25)16-17-29(19-21-30)23-26-10-6-3-7-11-26/h2-15H,16-23H2,1H3. The summed E-state index contributed by atoms with van der Waals surface area (Å²) in [5.74, 6) is 0. The lowest BCUT2D eigenvalue weighted by molar-refractivity contribution is 0.209.